The Balaban J connectivity index is 1.64. The third kappa shape index (κ3) is 13.1. The first kappa shape index (κ1) is 40.0. The highest BCUT2D eigenvalue weighted by Crippen LogP contribution is 2.18. The van der Waals surface area contributed by atoms with E-state index in [1.165, 1.54) is 11.9 Å². The summed E-state index contributed by atoms with van der Waals surface area (Å²) in [5.41, 5.74) is 2.30. The lowest BCUT2D eigenvalue weighted by atomic mass is 9.90. The number of benzene rings is 4. The smallest absolute Gasteiger partial charge is 0.408 e. The van der Waals surface area contributed by atoms with E-state index < -0.39 is 59.3 Å². The van der Waals surface area contributed by atoms with Crippen LogP contribution in [0.3, 0.4) is 0 Å². The van der Waals surface area contributed by atoms with Crippen LogP contribution in [0.5, 0.6) is 0 Å². The number of alkyl carbamates (subject to hydrolysis) is 1. The number of carbonyl (C=O) groups excluding carboxylic acids is 4. The lowest BCUT2D eigenvalue weighted by molar-refractivity contribution is -0.144. The van der Waals surface area contributed by atoms with E-state index in [1.807, 2.05) is 121 Å². The van der Waals surface area contributed by atoms with Gasteiger partial charge < -0.3 is 25.4 Å². The Labute approximate surface area is 311 Å². The van der Waals surface area contributed by atoms with Gasteiger partial charge in [0.05, 0.1) is 12.0 Å². The zero-order valence-electron chi connectivity index (χ0n) is 30.7. The molecule has 4 aromatic rings. The third-order valence-electron chi connectivity index (χ3n) is 8.77. The van der Waals surface area contributed by atoms with E-state index in [-0.39, 0.29) is 32.1 Å². The van der Waals surface area contributed by atoms with Gasteiger partial charge in [0, 0.05) is 26.3 Å². The molecule has 0 saturated carbocycles. The number of aliphatic carboxylic acids is 1. The van der Waals surface area contributed by atoms with Crippen LogP contribution in [0.15, 0.2) is 121 Å². The molecule has 0 aliphatic heterocycles. The van der Waals surface area contributed by atoms with Crippen molar-refractivity contribution in [2.24, 2.45) is 5.92 Å². The predicted molar refractivity (Wildman–Crippen MR) is 203 cm³/mol. The second-order valence-electron chi connectivity index (χ2n) is 14.2. The number of hydrogen-bond donors (Lipinski definition) is 3. The maximum atomic E-state index is 14.4. The van der Waals surface area contributed by atoms with Crippen molar-refractivity contribution < 1.29 is 33.8 Å². The summed E-state index contributed by atoms with van der Waals surface area (Å²) in [5, 5.41) is 15.7. The monoisotopic (exact) mass is 719 g/mol. The summed E-state index contributed by atoms with van der Waals surface area (Å²) in [7, 11) is 1.50. The number of nitrogens with zero attached hydrogens (tertiary/aromatic N) is 1. The van der Waals surface area contributed by atoms with Gasteiger partial charge in [0.15, 0.2) is 5.78 Å². The SMILES string of the molecule is CN(C(=O)[C@H](Cc1ccccc1)NC(=O)OC(C)(C)C)[C@@H](Cc1ccccc1)C(=O)N[C@@H](Cc1ccccc1)C(=O)C[C@@H](Cc1ccccc1)C(=O)O. The van der Waals surface area contributed by atoms with Gasteiger partial charge in [-0.15, -0.1) is 0 Å². The zero-order chi connectivity index (χ0) is 38.4. The van der Waals surface area contributed by atoms with Gasteiger partial charge >= 0.3 is 12.1 Å². The molecule has 4 rings (SSSR count). The van der Waals surface area contributed by atoms with Crippen molar-refractivity contribution >= 4 is 29.7 Å². The third-order valence-corrected chi connectivity index (χ3v) is 8.77. The molecule has 0 aliphatic rings. The van der Waals surface area contributed by atoms with Gasteiger partial charge in [-0.2, -0.15) is 0 Å². The number of rotatable bonds is 17. The van der Waals surface area contributed by atoms with E-state index in [0.29, 0.717) is 0 Å². The molecule has 0 saturated heterocycles. The van der Waals surface area contributed by atoms with Crippen LogP contribution in [-0.2, 0) is 49.6 Å². The normalized spacial score (nSPS) is 13.4. The summed E-state index contributed by atoms with van der Waals surface area (Å²) in [5.74, 6) is -3.69. The van der Waals surface area contributed by atoms with Crippen LogP contribution in [0.25, 0.3) is 0 Å². The molecule has 0 fully saturated rings. The molecule has 10 nitrogen and oxygen atoms in total. The predicted octanol–water partition coefficient (Wildman–Crippen LogP) is 5.82. The first-order valence-electron chi connectivity index (χ1n) is 17.8. The Morgan fingerprint density at radius 3 is 1.47 bits per heavy atom. The lowest BCUT2D eigenvalue weighted by Crippen LogP contribution is -2.58. The molecule has 0 unspecified atom stereocenters. The van der Waals surface area contributed by atoms with Gasteiger partial charge in [0.2, 0.25) is 11.8 Å². The average Bonchev–Trinajstić information content (AvgIpc) is 3.13. The summed E-state index contributed by atoms with van der Waals surface area (Å²) >= 11 is 0. The largest absolute Gasteiger partial charge is 0.481 e. The molecular formula is C43H49N3O7. The van der Waals surface area contributed by atoms with E-state index in [2.05, 4.69) is 10.6 Å². The van der Waals surface area contributed by atoms with E-state index in [9.17, 15) is 29.1 Å². The molecule has 4 atom stereocenters. The first-order chi connectivity index (χ1) is 25.3. The van der Waals surface area contributed by atoms with Crippen molar-refractivity contribution in [3.8, 4) is 0 Å². The zero-order valence-corrected chi connectivity index (χ0v) is 30.7. The van der Waals surface area contributed by atoms with Crippen LogP contribution in [-0.4, -0.2) is 70.4 Å². The summed E-state index contributed by atoms with van der Waals surface area (Å²) in [6.07, 6.45) is -0.571. The summed E-state index contributed by atoms with van der Waals surface area (Å²) in [6, 6.07) is 33.3. The number of amides is 3. The molecular weight excluding hydrogens is 670 g/mol. The Hall–Kier alpha value is -5.77. The Kier molecular flexibility index (Phi) is 14.5. The maximum Gasteiger partial charge on any atom is 0.408 e. The molecule has 0 aliphatic carbocycles. The van der Waals surface area contributed by atoms with Gasteiger partial charge in [-0.05, 0) is 55.9 Å². The van der Waals surface area contributed by atoms with Gasteiger partial charge in [0.1, 0.15) is 17.7 Å². The van der Waals surface area contributed by atoms with Crippen molar-refractivity contribution in [3.63, 3.8) is 0 Å². The number of likely N-dealkylation sites (N-methyl/N-ethyl adjacent to an activating group) is 1. The number of carbonyl (C=O) groups is 5. The standard InChI is InChI=1S/C43H49N3O7/c1-43(2,3)53-42(52)45-36(27-32-21-13-7-14-22-32)40(49)46(4)37(28-33-23-15-8-16-24-33)39(48)44-35(26-31-19-11-6-12-20-31)38(47)29-34(41(50)51)25-30-17-9-5-10-18-30/h5-24,34-37H,25-29H2,1-4H3,(H,44,48)(H,45,52)(H,50,51)/t34-,35+,36+,37+/m1/s1. The number of ketones is 1. The van der Waals surface area contributed by atoms with Crippen molar-refractivity contribution in [2.75, 3.05) is 7.05 Å². The fourth-order valence-electron chi connectivity index (χ4n) is 6.04. The Bertz CT molecular complexity index is 1800. The molecule has 3 N–H and O–H groups in total. The first-order valence-corrected chi connectivity index (χ1v) is 17.8. The number of hydrogen-bond acceptors (Lipinski definition) is 6. The topological polar surface area (TPSA) is 142 Å². The van der Waals surface area contributed by atoms with E-state index in [0.717, 1.165) is 22.3 Å². The van der Waals surface area contributed by atoms with Gasteiger partial charge in [-0.3, -0.25) is 19.2 Å². The Morgan fingerprint density at radius 1 is 0.623 bits per heavy atom. The molecule has 0 radical (unpaired) electrons. The van der Waals surface area contributed by atoms with Crippen LogP contribution in [0.2, 0.25) is 0 Å². The minimum absolute atomic E-state index is 0.109. The van der Waals surface area contributed by atoms with Crippen molar-refractivity contribution in [2.45, 2.75) is 76.6 Å². The number of Topliss-reactive ketones (excluding diaryl/α,β-unsaturated/α-hetero) is 1. The molecule has 278 valence electrons. The molecule has 0 aromatic heterocycles. The molecule has 0 spiro atoms. The number of nitrogens with one attached hydrogen (secondary N) is 2. The molecule has 4 aromatic carbocycles. The van der Waals surface area contributed by atoms with Crippen LogP contribution in [0.1, 0.15) is 49.4 Å². The van der Waals surface area contributed by atoms with Crippen LogP contribution < -0.4 is 10.6 Å². The fraction of sp³-hybridized carbons (Fsp3) is 0.326. The van der Waals surface area contributed by atoms with Crippen LogP contribution in [0.4, 0.5) is 4.79 Å². The fourth-order valence-corrected chi connectivity index (χ4v) is 6.04. The van der Waals surface area contributed by atoms with Crippen molar-refractivity contribution in [3.05, 3.63) is 144 Å². The van der Waals surface area contributed by atoms with E-state index in [1.54, 1.807) is 20.8 Å². The maximum absolute atomic E-state index is 14.4. The van der Waals surface area contributed by atoms with E-state index >= 15 is 0 Å². The number of carboxylic acid groups (broad SMARTS) is 1. The minimum atomic E-state index is -1.11. The molecule has 3 amide bonds. The second-order valence-corrected chi connectivity index (χ2v) is 14.2. The minimum Gasteiger partial charge on any atom is -0.481 e. The van der Waals surface area contributed by atoms with Crippen molar-refractivity contribution in [1.29, 1.82) is 0 Å². The average molecular weight is 720 g/mol. The highest BCUT2D eigenvalue weighted by atomic mass is 16.6. The quantitative estimate of drug-likeness (QED) is 0.125. The molecule has 10 heteroatoms. The summed E-state index contributed by atoms with van der Waals surface area (Å²) < 4.78 is 5.48. The van der Waals surface area contributed by atoms with Gasteiger partial charge in [0.25, 0.3) is 0 Å². The van der Waals surface area contributed by atoms with Crippen LogP contribution in [0, 0.1) is 5.92 Å². The lowest BCUT2D eigenvalue weighted by Gasteiger charge is -2.32. The van der Waals surface area contributed by atoms with Gasteiger partial charge in [-0.25, -0.2) is 4.79 Å². The van der Waals surface area contributed by atoms with Crippen LogP contribution >= 0.6 is 0 Å². The molecule has 53 heavy (non-hydrogen) atoms. The number of carboxylic acids is 1. The second kappa shape index (κ2) is 19.2. The highest BCUT2D eigenvalue weighted by molar-refractivity contribution is 5.95. The summed E-state index contributed by atoms with van der Waals surface area (Å²) in [6.45, 7) is 5.17. The number of ether oxygens (including phenoxy) is 1. The Morgan fingerprint density at radius 2 is 1.04 bits per heavy atom. The van der Waals surface area contributed by atoms with Crippen molar-refractivity contribution in [1.82, 2.24) is 15.5 Å². The summed E-state index contributed by atoms with van der Waals surface area (Å²) in [4.78, 5) is 69.4. The molecule has 0 bridgehead atoms. The molecule has 0 heterocycles. The van der Waals surface area contributed by atoms with E-state index in [4.69, 9.17) is 4.74 Å². The van der Waals surface area contributed by atoms with Gasteiger partial charge in [-0.1, -0.05) is 121 Å². The highest BCUT2D eigenvalue weighted by Gasteiger charge is 2.36.